The second-order valence-corrected chi connectivity index (χ2v) is 4.39. The molecule has 118 valence electrons. The van der Waals surface area contributed by atoms with Crippen LogP contribution in [0.4, 0.5) is 0 Å². The van der Waals surface area contributed by atoms with Gasteiger partial charge in [-0.05, 0) is 22.9 Å². The van der Waals surface area contributed by atoms with Gasteiger partial charge in [0, 0.05) is 0 Å². The number of phenols is 1. The lowest BCUT2D eigenvalue weighted by Crippen LogP contribution is -2.33. The van der Waals surface area contributed by atoms with E-state index in [1.54, 1.807) is 6.07 Å². The molecule has 0 aliphatic heterocycles. The van der Waals surface area contributed by atoms with Gasteiger partial charge < -0.3 is 15.3 Å². The van der Waals surface area contributed by atoms with Gasteiger partial charge in [0.05, 0.1) is 18.8 Å². The first-order valence-electron chi connectivity index (χ1n) is 6.71. The number of benzene rings is 2. The lowest BCUT2D eigenvalue weighted by atomic mass is 10.1. The number of hydroxylamine groups is 2. The number of carbonyl (C=O) groups excluding carboxylic acids is 1. The minimum Gasteiger partial charge on any atom is -0.507 e. The fourth-order valence-electron chi connectivity index (χ4n) is 1.90. The third-order valence-electron chi connectivity index (χ3n) is 2.86. The monoisotopic (exact) mass is 307 g/mol. The van der Waals surface area contributed by atoms with Crippen molar-refractivity contribution >= 4 is 16.7 Å². The minimum absolute atomic E-state index is 0.00502. The van der Waals surface area contributed by atoms with Crippen molar-refractivity contribution in [2.24, 2.45) is 0 Å². The molecule has 0 saturated heterocycles. The summed E-state index contributed by atoms with van der Waals surface area (Å²) >= 11 is 0. The van der Waals surface area contributed by atoms with Crippen LogP contribution < -0.4 is 0 Å². The van der Waals surface area contributed by atoms with Gasteiger partial charge in [0.2, 0.25) is 0 Å². The number of phenolic OH excluding ortho intramolecular Hbond substituents is 1. The standard InChI is InChI=1S/C15H17NO6/c17-5-7-21-16(22-8-6-18)15(20)13-9-11-3-1-2-4-12(11)10-14(13)19/h1-4,9-10,17-19H,5-8H2. The lowest BCUT2D eigenvalue weighted by Gasteiger charge is -2.20. The van der Waals surface area contributed by atoms with Gasteiger partial charge in [0.1, 0.15) is 19.0 Å². The largest absolute Gasteiger partial charge is 0.507 e. The average molecular weight is 307 g/mol. The molecule has 0 fully saturated rings. The summed E-state index contributed by atoms with van der Waals surface area (Å²) in [6.45, 7) is -0.942. The highest BCUT2D eigenvalue weighted by Gasteiger charge is 2.22. The Kier molecular flexibility index (Phi) is 5.68. The fraction of sp³-hybridized carbons (Fsp3) is 0.267. The van der Waals surface area contributed by atoms with Crippen molar-refractivity contribution in [3.05, 3.63) is 42.0 Å². The Morgan fingerprint density at radius 1 is 1.00 bits per heavy atom. The molecule has 0 saturated carbocycles. The lowest BCUT2D eigenvalue weighted by molar-refractivity contribution is -0.331. The summed E-state index contributed by atoms with van der Waals surface area (Å²) in [5, 5.41) is 29.7. The molecule has 0 aliphatic rings. The van der Waals surface area contributed by atoms with E-state index in [0.717, 1.165) is 10.8 Å². The molecular formula is C15H17NO6. The SMILES string of the molecule is O=C(c1cc2ccccc2cc1O)N(OCCO)OCCO. The van der Waals surface area contributed by atoms with Gasteiger partial charge in [-0.2, -0.15) is 0 Å². The van der Waals surface area contributed by atoms with Gasteiger partial charge in [-0.15, -0.1) is 0 Å². The highest BCUT2D eigenvalue weighted by Crippen LogP contribution is 2.26. The zero-order chi connectivity index (χ0) is 15.9. The number of aromatic hydroxyl groups is 1. The van der Waals surface area contributed by atoms with Crippen molar-refractivity contribution in [3.63, 3.8) is 0 Å². The van der Waals surface area contributed by atoms with E-state index in [-0.39, 0.29) is 37.7 Å². The number of hydrogen-bond donors (Lipinski definition) is 3. The molecule has 0 aliphatic carbocycles. The maximum atomic E-state index is 12.4. The molecule has 22 heavy (non-hydrogen) atoms. The Bertz CT molecular complexity index is 637. The molecule has 0 bridgehead atoms. The molecule has 1 amide bonds. The summed E-state index contributed by atoms with van der Waals surface area (Å²) in [5.41, 5.74) is -0.00502. The van der Waals surface area contributed by atoms with Gasteiger partial charge in [-0.25, -0.2) is 9.68 Å². The van der Waals surface area contributed by atoms with Crippen LogP contribution >= 0.6 is 0 Å². The normalized spacial score (nSPS) is 10.8. The molecule has 2 rings (SSSR count). The molecule has 0 aromatic heterocycles. The summed E-state index contributed by atoms with van der Waals surface area (Å²) in [7, 11) is 0. The van der Waals surface area contributed by atoms with Crippen molar-refractivity contribution in [2.45, 2.75) is 0 Å². The Labute approximate surface area is 126 Å². The first-order valence-corrected chi connectivity index (χ1v) is 6.71. The number of aliphatic hydroxyl groups is 2. The van der Waals surface area contributed by atoms with E-state index in [4.69, 9.17) is 19.9 Å². The smallest absolute Gasteiger partial charge is 0.307 e. The highest BCUT2D eigenvalue weighted by molar-refractivity contribution is 6.00. The maximum absolute atomic E-state index is 12.4. The van der Waals surface area contributed by atoms with E-state index in [0.29, 0.717) is 5.23 Å². The molecule has 0 spiro atoms. The Morgan fingerprint density at radius 3 is 2.09 bits per heavy atom. The third-order valence-corrected chi connectivity index (χ3v) is 2.86. The number of amides is 1. The predicted octanol–water partition coefficient (Wildman–Crippen LogP) is 0.835. The summed E-state index contributed by atoms with van der Waals surface area (Å²) in [6.07, 6.45) is 0. The molecule has 7 nitrogen and oxygen atoms in total. The second-order valence-electron chi connectivity index (χ2n) is 4.39. The minimum atomic E-state index is -0.731. The van der Waals surface area contributed by atoms with Crippen LogP contribution in [0, 0.1) is 0 Å². The van der Waals surface area contributed by atoms with Crippen molar-refractivity contribution in [1.29, 1.82) is 0 Å². The molecular weight excluding hydrogens is 290 g/mol. The van der Waals surface area contributed by atoms with Gasteiger partial charge in [-0.3, -0.25) is 4.79 Å². The topological polar surface area (TPSA) is 99.5 Å². The number of aliphatic hydroxyl groups excluding tert-OH is 2. The van der Waals surface area contributed by atoms with E-state index in [2.05, 4.69) is 0 Å². The van der Waals surface area contributed by atoms with E-state index >= 15 is 0 Å². The van der Waals surface area contributed by atoms with Gasteiger partial charge in [0.15, 0.2) is 0 Å². The fourth-order valence-corrected chi connectivity index (χ4v) is 1.90. The Balaban J connectivity index is 2.30. The predicted molar refractivity (Wildman–Crippen MR) is 77.9 cm³/mol. The van der Waals surface area contributed by atoms with Gasteiger partial charge >= 0.3 is 5.91 Å². The molecule has 0 atom stereocenters. The molecule has 7 heteroatoms. The van der Waals surface area contributed by atoms with Crippen LogP contribution in [0.2, 0.25) is 0 Å². The Morgan fingerprint density at radius 2 is 1.55 bits per heavy atom. The summed E-state index contributed by atoms with van der Waals surface area (Å²) in [4.78, 5) is 22.3. The second kappa shape index (κ2) is 7.71. The zero-order valence-electron chi connectivity index (χ0n) is 11.8. The van der Waals surface area contributed by atoms with E-state index in [9.17, 15) is 9.90 Å². The molecule has 0 radical (unpaired) electrons. The van der Waals surface area contributed by atoms with E-state index in [1.165, 1.54) is 12.1 Å². The summed E-state index contributed by atoms with van der Waals surface area (Å²) < 4.78 is 0. The first kappa shape index (κ1) is 16.2. The number of hydrogen-bond acceptors (Lipinski definition) is 6. The van der Waals surface area contributed by atoms with E-state index < -0.39 is 5.91 Å². The molecule has 3 N–H and O–H groups in total. The highest BCUT2D eigenvalue weighted by atomic mass is 17.0. The van der Waals surface area contributed by atoms with Crippen LogP contribution in [0.25, 0.3) is 10.8 Å². The molecule has 0 heterocycles. The third kappa shape index (κ3) is 3.71. The molecule has 2 aromatic carbocycles. The van der Waals surface area contributed by atoms with Gasteiger partial charge in [-0.1, -0.05) is 29.5 Å². The molecule has 2 aromatic rings. The van der Waals surface area contributed by atoms with Crippen molar-refractivity contribution in [3.8, 4) is 5.75 Å². The van der Waals surface area contributed by atoms with Crippen LogP contribution in [-0.2, 0) is 9.68 Å². The van der Waals surface area contributed by atoms with Crippen molar-refractivity contribution < 1.29 is 29.8 Å². The number of carbonyl (C=O) groups is 1. The van der Waals surface area contributed by atoms with E-state index in [1.807, 2.05) is 18.2 Å². The number of fused-ring (bicyclic) bond motifs is 1. The summed E-state index contributed by atoms with van der Waals surface area (Å²) in [6, 6.07) is 10.2. The van der Waals surface area contributed by atoms with Crippen molar-refractivity contribution in [2.75, 3.05) is 26.4 Å². The number of nitrogens with zero attached hydrogens (tertiary/aromatic N) is 1. The number of rotatable bonds is 7. The Hall–Kier alpha value is -2.19. The van der Waals surface area contributed by atoms with Crippen LogP contribution in [0.1, 0.15) is 10.4 Å². The first-order chi connectivity index (χ1) is 10.7. The maximum Gasteiger partial charge on any atom is 0.307 e. The van der Waals surface area contributed by atoms with Crippen LogP contribution in [-0.4, -0.2) is 52.9 Å². The van der Waals surface area contributed by atoms with Gasteiger partial charge in [0.25, 0.3) is 0 Å². The van der Waals surface area contributed by atoms with Crippen LogP contribution in [0.3, 0.4) is 0 Å². The zero-order valence-corrected chi connectivity index (χ0v) is 11.8. The van der Waals surface area contributed by atoms with Crippen LogP contribution in [0.5, 0.6) is 5.75 Å². The van der Waals surface area contributed by atoms with Crippen molar-refractivity contribution in [1.82, 2.24) is 5.23 Å². The molecule has 0 unspecified atom stereocenters. The average Bonchev–Trinajstić information content (AvgIpc) is 2.54. The van der Waals surface area contributed by atoms with Crippen LogP contribution in [0.15, 0.2) is 36.4 Å². The summed E-state index contributed by atoms with van der Waals surface area (Å²) in [5.74, 6) is -0.945. The quantitative estimate of drug-likeness (QED) is 0.655.